The van der Waals surface area contributed by atoms with Gasteiger partial charge in [0.15, 0.2) is 0 Å². The van der Waals surface area contributed by atoms with Crippen LogP contribution in [0.3, 0.4) is 0 Å². The lowest BCUT2D eigenvalue weighted by Gasteiger charge is -2.15. The number of rotatable bonds is 5. The highest BCUT2D eigenvalue weighted by Gasteiger charge is 2.16. The van der Waals surface area contributed by atoms with Gasteiger partial charge in [-0.3, -0.25) is 0 Å². The molecule has 21 heavy (non-hydrogen) atoms. The van der Waals surface area contributed by atoms with Gasteiger partial charge < -0.3 is 0 Å². The van der Waals surface area contributed by atoms with E-state index in [2.05, 4.69) is 4.72 Å². The summed E-state index contributed by atoms with van der Waals surface area (Å²) in [5.74, 6) is 0.00484. The van der Waals surface area contributed by atoms with Gasteiger partial charge in [-0.25, -0.2) is 13.1 Å². The van der Waals surface area contributed by atoms with Gasteiger partial charge in [-0.05, 0) is 31.9 Å². The van der Waals surface area contributed by atoms with Gasteiger partial charge in [-0.2, -0.15) is 0 Å². The Morgan fingerprint density at radius 3 is 2.29 bits per heavy atom. The van der Waals surface area contributed by atoms with Crippen molar-refractivity contribution in [2.45, 2.75) is 32.6 Å². The molecule has 0 saturated carbocycles. The molecule has 0 aliphatic rings. The van der Waals surface area contributed by atoms with Crippen LogP contribution in [0.25, 0.3) is 0 Å². The SMILES string of the molecule is Cc1ccc(C(C)NS(=O)(=O)Cc2cccc(C)c2)cc1. The van der Waals surface area contributed by atoms with Gasteiger partial charge in [0.25, 0.3) is 0 Å². The van der Waals surface area contributed by atoms with Crippen LogP contribution in [0.4, 0.5) is 0 Å². The van der Waals surface area contributed by atoms with Crippen molar-refractivity contribution in [3.63, 3.8) is 0 Å². The molecule has 0 aliphatic heterocycles. The Labute approximate surface area is 127 Å². The summed E-state index contributed by atoms with van der Waals surface area (Å²) >= 11 is 0. The topological polar surface area (TPSA) is 46.2 Å². The van der Waals surface area contributed by atoms with Gasteiger partial charge in [0.05, 0.1) is 5.75 Å². The van der Waals surface area contributed by atoms with E-state index < -0.39 is 10.0 Å². The molecule has 0 heterocycles. The van der Waals surface area contributed by atoms with E-state index in [-0.39, 0.29) is 11.8 Å². The largest absolute Gasteiger partial charge is 0.216 e. The van der Waals surface area contributed by atoms with Gasteiger partial charge in [0.1, 0.15) is 0 Å². The molecule has 0 aliphatic carbocycles. The van der Waals surface area contributed by atoms with Gasteiger partial charge in [-0.15, -0.1) is 0 Å². The van der Waals surface area contributed by atoms with Crippen molar-refractivity contribution in [3.8, 4) is 0 Å². The molecule has 0 saturated heterocycles. The normalized spacial score (nSPS) is 13.1. The van der Waals surface area contributed by atoms with Crippen LogP contribution in [0.2, 0.25) is 0 Å². The third-order valence-electron chi connectivity index (χ3n) is 3.37. The highest BCUT2D eigenvalue weighted by atomic mass is 32.2. The number of nitrogens with one attached hydrogen (secondary N) is 1. The van der Waals surface area contributed by atoms with Crippen LogP contribution < -0.4 is 4.72 Å². The summed E-state index contributed by atoms with van der Waals surface area (Å²) in [6, 6.07) is 15.2. The molecule has 0 amide bonds. The number of hydrogen-bond acceptors (Lipinski definition) is 2. The molecule has 0 radical (unpaired) electrons. The summed E-state index contributed by atoms with van der Waals surface area (Å²) in [4.78, 5) is 0. The van der Waals surface area contributed by atoms with Crippen molar-refractivity contribution in [2.75, 3.05) is 0 Å². The van der Waals surface area contributed by atoms with Crippen LogP contribution in [0, 0.1) is 13.8 Å². The van der Waals surface area contributed by atoms with Crippen LogP contribution >= 0.6 is 0 Å². The molecule has 1 N–H and O–H groups in total. The Balaban J connectivity index is 2.08. The van der Waals surface area contributed by atoms with Crippen molar-refractivity contribution in [3.05, 3.63) is 70.8 Å². The van der Waals surface area contributed by atoms with Crippen LogP contribution in [0.1, 0.15) is 35.2 Å². The first-order valence-corrected chi connectivity index (χ1v) is 8.63. The maximum absolute atomic E-state index is 12.3. The highest BCUT2D eigenvalue weighted by molar-refractivity contribution is 7.88. The zero-order valence-electron chi connectivity index (χ0n) is 12.6. The van der Waals surface area contributed by atoms with Gasteiger partial charge in [-0.1, -0.05) is 59.7 Å². The first-order valence-electron chi connectivity index (χ1n) is 6.98. The van der Waals surface area contributed by atoms with E-state index in [1.165, 1.54) is 0 Å². The average molecular weight is 303 g/mol. The minimum atomic E-state index is -3.36. The zero-order chi connectivity index (χ0) is 15.5. The molecule has 112 valence electrons. The average Bonchev–Trinajstić information content (AvgIpc) is 2.38. The molecule has 2 rings (SSSR count). The predicted molar refractivity (Wildman–Crippen MR) is 86.5 cm³/mol. The summed E-state index contributed by atoms with van der Waals surface area (Å²) in [5.41, 5.74) is 4.00. The lowest BCUT2D eigenvalue weighted by Crippen LogP contribution is -2.28. The summed E-state index contributed by atoms with van der Waals surface area (Å²) in [7, 11) is -3.36. The number of aryl methyl sites for hydroxylation is 2. The molecule has 0 spiro atoms. The molecule has 0 bridgehead atoms. The molecule has 1 atom stereocenters. The molecule has 0 aromatic heterocycles. The van der Waals surface area contributed by atoms with E-state index in [0.29, 0.717) is 0 Å². The Bertz CT molecular complexity index is 706. The standard InChI is InChI=1S/C17H21NO2S/c1-13-7-9-17(10-8-13)15(3)18-21(19,20)12-16-6-4-5-14(2)11-16/h4-11,15,18H,12H2,1-3H3. The fourth-order valence-corrected chi connectivity index (χ4v) is 3.63. The van der Waals surface area contributed by atoms with E-state index in [0.717, 1.165) is 22.3 Å². The molecular weight excluding hydrogens is 282 g/mol. The fourth-order valence-electron chi connectivity index (χ4n) is 2.26. The molecule has 1 unspecified atom stereocenters. The third kappa shape index (κ3) is 4.69. The molecule has 4 heteroatoms. The molecule has 2 aromatic rings. The van der Waals surface area contributed by atoms with E-state index in [9.17, 15) is 8.42 Å². The quantitative estimate of drug-likeness (QED) is 0.919. The van der Waals surface area contributed by atoms with Crippen LogP contribution in [0.5, 0.6) is 0 Å². The first kappa shape index (κ1) is 15.7. The monoisotopic (exact) mass is 303 g/mol. The van der Waals surface area contributed by atoms with Gasteiger partial charge in [0.2, 0.25) is 10.0 Å². The van der Waals surface area contributed by atoms with Gasteiger partial charge in [0, 0.05) is 6.04 Å². The summed E-state index contributed by atoms with van der Waals surface area (Å²) < 4.78 is 27.2. The first-order chi connectivity index (χ1) is 9.85. The molecule has 2 aromatic carbocycles. The predicted octanol–water partition coefficient (Wildman–Crippen LogP) is 3.48. The van der Waals surface area contributed by atoms with Crippen LogP contribution in [-0.2, 0) is 15.8 Å². The minimum Gasteiger partial charge on any atom is -0.212 e. The van der Waals surface area contributed by atoms with E-state index in [4.69, 9.17) is 0 Å². The molecule has 0 fully saturated rings. The summed E-state index contributed by atoms with van der Waals surface area (Å²) in [6.45, 7) is 5.83. The van der Waals surface area contributed by atoms with Gasteiger partial charge >= 0.3 is 0 Å². The third-order valence-corrected chi connectivity index (χ3v) is 4.80. The summed E-state index contributed by atoms with van der Waals surface area (Å²) in [6.07, 6.45) is 0. The fraction of sp³-hybridized carbons (Fsp3) is 0.294. The maximum Gasteiger partial charge on any atom is 0.216 e. The Hall–Kier alpha value is -1.65. The lowest BCUT2D eigenvalue weighted by molar-refractivity contribution is 0.566. The van der Waals surface area contributed by atoms with E-state index in [1.807, 2.05) is 69.3 Å². The molecule has 3 nitrogen and oxygen atoms in total. The minimum absolute atomic E-state index is 0.00484. The second-order valence-electron chi connectivity index (χ2n) is 5.50. The lowest BCUT2D eigenvalue weighted by atomic mass is 10.1. The van der Waals surface area contributed by atoms with Crippen molar-refractivity contribution in [1.29, 1.82) is 0 Å². The summed E-state index contributed by atoms with van der Waals surface area (Å²) in [5, 5.41) is 0. The van der Waals surface area contributed by atoms with E-state index >= 15 is 0 Å². The molecular formula is C17H21NO2S. The maximum atomic E-state index is 12.3. The number of sulfonamides is 1. The van der Waals surface area contributed by atoms with Crippen molar-refractivity contribution in [1.82, 2.24) is 4.72 Å². The van der Waals surface area contributed by atoms with Crippen LogP contribution in [-0.4, -0.2) is 8.42 Å². The second-order valence-corrected chi connectivity index (χ2v) is 7.25. The Morgan fingerprint density at radius 1 is 1.00 bits per heavy atom. The zero-order valence-corrected chi connectivity index (χ0v) is 13.4. The van der Waals surface area contributed by atoms with Crippen molar-refractivity contribution < 1.29 is 8.42 Å². The van der Waals surface area contributed by atoms with Crippen molar-refractivity contribution in [2.24, 2.45) is 0 Å². The second kappa shape index (κ2) is 6.41. The van der Waals surface area contributed by atoms with E-state index in [1.54, 1.807) is 0 Å². The van der Waals surface area contributed by atoms with Crippen molar-refractivity contribution >= 4 is 10.0 Å². The smallest absolute Gasteiger partial charge is 0.212 e. The Morgan fingerprint density at radius 2 is 1.67 bits per heavy atom. The highest BCUT2D eigenvalue weighted by Crippen LogP contribution is 2.16. The Kier molecular flexibility index (Phi) is 4.80. The number of benzene rings is 2. The van der Waals surface area contributed by atoms with Crippen LogP contribution in [0.15, 0.2) is 48.5 Å². The number of hydrogen-bond donors (Lipinski definition) is 1.